The van der Waals surface area contributed by atoms with Gasteiger partial charge in [0.15, 0.2) is 0 Å². The van der Waals surface area contributed by atoms with Crippen LogP contribution in [0.15, 0.2) is 12.1 Å². The van der Waals surface area contributed by atoms with Crippen molar-refractivity contribution in [3.63, 3.8) is 0 Å². The van der Waals surface area contributed by atoms with Gasteiger partial charge < -0.3 is 5.32 Å². The van der Waals surface area contributed by atoms with Crippen molar-refractivity contribution in [1.29, 1.82) is 0 Å². The summed E-state index contributed by atoms with van der Waals surface area (Å²) in [5.74, 6) is 0.877. The van der Waals surface area contributed by atoms with E-state index in [0.717, 1.165) is 23.3 Å². The van der Waals surface area contributed by atoms with Crippen LogP contribution in [0.5, 0.6) is 0 Å². The Balaban J connectivity index is 1.79. The van der Waals surface area contributed by atoms with Crippen LogP contribution in [0.25, 0.3) is 0 Å². The molecule has 4 heteroatoms. The summed E-state index contributed by atoms with van der Waals surface area (Å²) in [4.78, 5) is 4.10. The van der Waals surface area contributed by atoms with Crippen LogP contribution in [-0.2, 0) is 0 Å². The summed E-state index contributed by atoms with van der Waals surface area (Å²) in [6, 6.07) is 5.33. The lowest BCUT2D eigenvalue weighted by atomic mass is 9.89. The molecule has 2 aliphatic rings. The second-order valence-corrected chi connectivity index (χ2v) is 8.37. The molecule has 1 saturated heterocycles. The number of thiophene rings is 1. The Morgan fingerprint density at radius 3 is 2.80 bits per heavy atom. The summed E-state index contributed by atoms with van der Waals surface area (Å²) in [5, 5.41) is 3.84. The zero-order chi connectivity index (χ0) is 14.3. The molecule has 1 aliphatic heterocycles. The number of nitrogens with zero attached hydrogens (tertiary/aromatic N) is 1. The van der Waals surface area contributed by atoms with E-state index >= 15 is 0 Å². The molecule has 3 atom stereocenters. The van der Waals surface area contributed by atoms with Gasteiger partial charge in [0.25, 0.3) is 0 Å². The molecule has 0 spiro atoms. The van der Waals surface area contributed by atoms with Crippen LogP contribution < -0.4 is 5.32 Å². The molecule has 1 aromatic rings. The van der Waals surface area contributed by atoms with Gasteiger partial charge in [-0.25, -0.2) is 0 Å². The monoisotopic (exact) mass is 312 g/mol. The molecular formula is C16H25ClN2S. The zero-order valence-electron chi connectivity index (χ0n) is 12.7. The van der Waals surface area contributed by atoms with E-state index in [9.17, 15) is 0 Å². The number of hydrogen-bond acceptors (Lipinski definition) is 3. The predicted molar refractivity (Wildman–Crippen MR) is 87.7 cm³/mol. The second-order valence-electron chi connectivity index (χ2n) is 6.62. The Morgan fingerprint density at radius 2 is 2.25 bits per heavy atom. The van der Waals surface area contributed by atoms with Crippen LogP contribution >= 0.6 is 22.9 Å². The summed E-state index contributed by atoms with van der Waals surface area (Å²) in [5.41, 5.74) is 0.307. The molecule has 112 valence electrons. The van der Waals surface area contributed by atoms with E-state index in [4.69, 9.17) is 11.6 Å². The molecular weight excluding hydrogens is 288 g/mol. The maximum absolute atomic E-state index is 6.12. The van der Waals surface area contributed by atoms with E-state index in [2.05, 4.69) is 37.1 Å². The van der Waals surface area contributed by atoms with Crippen LogP contribution in [-0.4, -0.2) is 29.6 Å². The van der Waals surface area contributed by atoms with Crippen molar-refractivity contribution in [2.45, 2.75) is 57.7 Å². The van der Waals surface area contributed by atoms with Gasteiger partial charge in [0.2, 0.25) is 0 Å². The third-order valence-corrected chi connectivity index (χ3v) is 6.58. The van der Waals surface area contributed by atoms with Crippen LogP contribution in [0.1, 0.15) is 51.0 Å². The molecule has 1 N–H and O–H groups in total. The van der Waals surface area contributed by atoms with Crippen molar-refractivity contribution in [3.8, 4) is 0 Å². The Labute approximate surface area is 131 Å². The van der Waals surface area contributed by atoms with Crippen molar-refractivity contribution < 1.29 is 0 Å². The third kappa shape index (κ3) is 2.78. The fourth-order valence-electron chi connectivity index (χ4n) is 3.57. The molecule has 0 aromatic carbocycles. The van der Waals surface area contributed by atoms with Gasteiger partial charge >= 0.3 is 0 Å². The van der Waals surface area contributed by atoms with Gasteiger partial charge in [-0.05, 0) is 51.2 Å². The Morgan fingerprint density at radius 1 is 1.50 bits per heavy atom. The second kappa shape index (κ2) is 5.60. The summed E-state index contributed by atoms with van der Waals surface area (Å²) < 4.78 is 0.903. The van der Waals surface area contributed by atoms with E-state index in [1.807, 2.05) is 6.07 Å². The topological polar surface area (TPSA) is 15.3 Å². The molecule has 3 rings (SSSR count). The minimum atomic E-state index is 0.307. The Bertz CT molecular complexity index is 471. The van der Waals surface area contributed by atoms with Gasteiger partial charge in [-0.3, -0.25) is 4.90 Å². The molecule has 0 bridgehead atoms. The van der Waals surface area contributed by atoms with E-state index in [1.54, 1.807) is 11.3 Å². The smallest absolute Gasteiger partial charge is 0.0931 e. The maximum atomic E-state index is 6.12. The Hall–Kier alpha value is -0.0900. The average molecular weight is 313 g/mol. The average Bonchev–Trinajstić information content (AvgIpc) is 3.21. The number of nitrogens with one attached hydrogen (secondary N) is 1. The molecule has 1 aliphatic carbocycles. The molecule has 0 radical (unpaired) electrons. The van der Waals surface area contributed by atoms with Crippen molar-refractivity contribution in [2.24, 2.45) is 5.92 Å². The summed E-state index contributed by atoms with van der Waals surface area (Å²) in [7, 11) is 0. The molecule has 1 aromatic heterocycles. The molecule has 0 amide bonds. The first-order valence-electron chi connectivity index (χ1n) is 7.79. The van der Waals surface area contributed by atoms with Crippen LogP contribution in [0.2, 0.25) is 4.34 Å². The van der Waals surface area contributed by atoms with Gasteiger partial charge in [0.1, 0.15) is 0 Å². The first-order valence-corrected chi connectivity index (χ1v) is 8.99. The highest BCUT2D eigenvalue weighted by atomic mass is 35.5. The van der Waals surface area contributed by atoms with Crippen LogP contribution in [0.4, 0.5) is 0 Å². The SMILES string of the molecule is CCC1CNC(C)(C2CC2)CN1C(C)c1ccc(Cl)s1. The van der Waals surface area contributed by atoms with E-state index in [-0.39, 0.29) is 0 Å². The van der Waals surface area contributed by atoms with Crippen LogP contribution in [0, 0.1) is 5.92 Å². The largest absolute Gasteiger partial charge is 0.308 e. The zero-order valence-corrected chi connectivity index (χ0v) is 14.2. The maximum Gasteiger partial charge on any atom is 0.0931 e. The lowest BCUT2D eigenvalue weighted by Gasteiger charge is -2.49. The van der Waals surface area contributed by atoms with Gasteiger partial charge in [0, 0.05) is 35.6 Å². The highest BCUT2D eigenvalue weighted by molar-refractivity contribution is 7.16. The molecule has 2 nitrogen and oxygen atoms in total. The molecule has 2 heterocycles. The normalized spacial score (nSPS) is 33.3. The lowest BCUT2D eigenvalue weighted by molar-refractivity contribution is 0.0430. The summed E-state index contributed by atoms with van der Waals surface area (Å²) >= 11 is 7.85. The van der Waals surface area contributed by atoms with Gasteiger partial charge in [-0.1, -0.05) is 18.5 Å². The first-order chi connectivity index (χ1) is 9.53. The Kier molecular flexibility index (Phi) is 4.15. The highest BCUT2D eigenvalue weighted by Gasteiger charge is 2.46. The number of hydrogen-bond donors (Lipinski definition) is 1. The fraction of sp³-hybridized carbons (Fsp3) is 0.750. The van der Waals surface area contributed by atoms with E-state index in [0.29, 0.717) is 17.6 Å². The minimum absolute atomic E-state index is 0.307. The third-order valence-electron chi connectivity index (χ3n) is 5.17. The molecule has 20 heavy (non-hydrogen) atoms. The van der Waals surface area contributed by atoms with Crippen molar-refractivity contribution in [1.82, 2.24) is 10.2 Å². The number of rotatable bonds is 4. The minimum Gasteiger partial charge on any atom is -0.308 e. The number of piperazine rings is 1. The van der Waals surface area contributed by atoms with Gasteiger partial charge in [-0.2, -0.15) is 0 Å². The van der Waals surface area contributed by atoms with Gasteiger partial charge in [0.05, 0.1) is 4.34 Å². The van der Waals surface area contributed by atoms with Crippen molar-refractivity contribution in [2.75, 3.05) is 13.1 Å². The lowest BCUT2D eigenvalue weighted by Crippen LogP contribution is -2.64. The molecule has 3 unspecified atom stereocenters. The first kappa shape index (κ1) is 14.8. The van der Waals surface area contributed by atoms with Crippen molar-refractivity contribution in [3.05, 3.63) is 21.3 Å². The predicted octanol–water partition coefficient (Wildman–Crippen LogP) is 4.32. The highest BCUT2D eigenvalue weighted by Crippen LogP contribution is 2.43. The fourth-order valence-corrected chi connectivity index (χ4v) is 4.71. The summed E-state index contributed by atoms with van der Waals surface area (Å²) in [6.07, 6.45) is 4.00. The van der Waals surface area contributed by atoms with Gasteiger partial charge in [-0.15, -0.1) is 11.3 Å². The number of halogens is 1. The standard InChI is InChI=1S/C16H25ClN2S/c1-4-13-9-18-16(3,12-5-6-12)10-19(13)11(2)14-7-8-15(17)20-14/h7-8,11-13,18H,4-6,9-10H2,1-3H3. The molecule has 1 saturated carbocycles. The quantitative estimate of drug-likeness (QED) is 0.891. The van der Waals surface area contributed by atoms with E-state index in [1.165, 1.54) is 24.1 Å². The summed E-state index contributed by atoms with van der Waals surface area (Å²) in [6.45, 7) is 9.33. The van der Waals surface area contributed by atoms with Crippen LogP contribution in [0.3, 0.4) is 0 Å². The van der Waals surface area contributed by atoms with E-state index < -0.39 is 0 Å². The molecule has 2 fully saturated rings. The van der Waals surface area contributed by atoms with Crippen molar-refractivity contribution >= 4 is 22.9 Å².